The molecule has 2 rings (SSSR count). The third kappa shape index (κ3) is 3.92. The van der Waals surface area contributed by atoms with E-state index in [1.165, 1.54) is 18.3 Å². The van der Waals surface area contributed by atoms with E-state index in [9.17, 15) is 9.59 Å². The zero-order valence-electron chi connectivity index (χ0n) is 11.3. The molecule has 0 aliphatic heterocycles. The zero-order chi connectivity index (χ0) is 14.5. The lowest BCUT2D eigenvalue weighted by Crippen LogP contribution is -2.29. The summed E-state index contributed by atoms with van der Waals surface area (Å²) in [6, 6.07) is 5.21. The molecule has 0 aromatic carbocycles. The van der Waals surface area contributed by atoms with E-state index in [-0.39, 0.29) is 24.3 Å². The molecule has 0 spiro atoms. The molecule has 0 bridgehead atoms. The lowest BCUT2D eigenvalue weighted by Gasteiger charge is -2.15. The van der Waals surface area contributed by atoms with Crippen molar-refractivity contribution in [2.75, 3.05) is 5.32 Å². The van der Waals surface area contributed by atoms with Gasteiger partial charge in [-0.2, -0.15) is 5.10 Å². The van der Waals surface area contributed by atoms with Crippen molar-refractivity contribution >= 4 is 29.0 Å². The van der Waals surface area contributed by atoms with Crippen molar-refractivity contribution in [1.29, 1.82) is 0 Å². The molecule has 2 amide bonds. The summed E-state index contributed by atoms with van der Waals surface area (Å²) in [4.78, 5) is 24.2. The van der Waals surface area contributed by atoms with E-state index < -0.39 is 0 Å². The van der Waals surface area contributed by atoms with Crippen molar-refractivity contribution in [2.45, 2.75) is 19.4 Å². The predicted molar refractivity (Wildman–Crippen MR) is 77.3 cm³/mol. The fourth-order valence-corrected chi connectivity index (χ4v) is 2.60. The third-order valence-electron chi connectivity index (χ3n) is 2.63. The van der Waals surface area contributed by atoms with Crippen LogP contribution in [0.4, 0.5) is 5.82 Å². The Kier molecular flexibility index (Phi) is 4.52. The van der Waals surface area contributed by atoms with Gasteiger partial charge in [-0.05, 0) is 11.4 Å². The molecule has 0 aliphatic carbocycles. The summed E-state index contributed by atoms with van der Waals surface area (Å²) in [7, 11) is 1.78. The van der Waals surface area contributed by atoms with Crippen molar-refractivity contribution in [3.8, 4) is 0 Å². The van der Waals surface area contributed by atoms with Gasteiger partial charge in [0.15, 0.2) is 5.82 Å². The zero-order valence-corrected chi connectivity index (χ0v) is 12.1. The number of anilines is 1. The predicted octanol–water partition coefficient (Wildman–Crippen LogP) is 1.69. The molecule has 0 saturated heterocycles. The fraction of sp³-hybridized carbons (Fsp3) is 0.308. The molecule has 1 unspecified atom stereocenters. The molecule has 2 heterocycles. The Labute approximate surface area is 120 Å². The van der Waals surface area contributed by atoms with Crippen molar-refractivity contribution < 1.29 is 9.59 Å². The highest BCUT2D eigenvalue weighted by molar-refractivity contribution is 7.10. The van der Waals surface area contributed by atoms with Crippen LogP contribution in [0, 0.1) is 0 Å². The standard InChI is InChI=1S/C13H16N4O2S/c1-9(18)14-10(11-4-3-7-20-11)8-13(19)15-12-5-6-17(2)16-12/h3-7,10H,8H2,1-2H3,(H,14,18)(H,15,16,19). The first kappa shape index (κ1) is 14.3. The summed E-state index contributed by atoms with van der Waals surface area (Å²) in [5.41, 5.74) is 0. The van der Waals surface area contributed by atoms with Gasteiger partial charge >= 0.3 is 0 Å². The van der Waals surface area contributed by atoms with E-state index in [2.05, 4.69) is 15.7 Å². The Morgan fingerprint density at radius 3 is 2.80 bits per heavy atom. The number of thiophene rings is 1. The van der Waals surface area contributed by atoms with E-state index in [0.717, 1.165) is 4.88 Å². The second kappa shape index (κ2) is 6.33. The molecule has 1 atom stereocenters. The van der Waals surface area contributed by atoms with Crippen LogP contribution < -0.4 is 10.6 Å². The van der Waals surface area contributed by atoms with Crippen molar-refractivity contribution in [3.05, 3.63) is 34.7 Å². The van der Waals surface area contributed by atoms with E-state index in [1.54, 1.807) is 24.0 Å². The summed E-state index contributed by atoms with van der Waals surface area (Å²) < 4.78 is 1.61. The molecular formula is C13H16N4O2S. The fourth-order valence-electron chi connectivity index (χ4n) is 1.82. The lowest BCUT2D eigenvalue weighted by atomic mass is 10.1. The summed E-state index contributed by atoms with van der Waals surface area (Å²) >= 11 is 1.51. The molecule has 2 aromatic rings. The average molecular weight is 292 g/mol. The van der Waals surface area contributed by atoms with E-state index in [0.29, 0.717) is 5.82 Å². The quantitative estimate of drug-likeness (QED) is 0.880. The van der Waals surface area contributed by atoms with E-state index in [1.807, 2.05) is 17.5 Å². The van der Waals surface area contributed by atoms with Crippen LogP contribution in [-0.4, -0.2) is 21.6 Å². The average Bonchev–Trinajstić information content (AvgIpc) is 2.99. The maximum Gasteiger partial charge on any atom is 0.228 e. The number of amides is 2. The molecule has 2 aromatic heterocycles. The van der Waals surface area contributed by atoms with Gasteiger partial charge < -0.3 is 10.6 Å². The molecule has 106 valence electrons. The first-order valence-corrected chi connectivity index (χ1v) is 7.02. The SMILES string of the molecule is CC(=O)NC(CC(=O)Nc1ccn(C)n1)c1cccs1. The molecular weight excluding hydrogens is 276 g/mol. The Hall–Kier alpha value is -2.15. The van der Waals surface area contributed by atoms with Crippen LogP contribution in [0.2, 0.25) is 0 Å². The van der Waals surface area contributed by atoms with Gasteiger partial charge in [-0.1, -0.05) is 6.07 Å². The van der Waals surface area contributed by atoms with E-state index >= 15 is 0 Å². The van der Waals surface area contributed by atoms with Gasteiger partial charge in [0.1, 0.15) is 0 Å². The first-order chi connectivity index (χ1) is 9.54. The number of carbonyl (C=O) groups is 2. The number of carbonyl (C=O) groups excluding carboxylic acids is 2. The van der Waals surface area contributed by atoms with Gasteiger partial charge in [0.2, 0.25) is 11.8 Å². The van der Waals surface area contributed by atoms with E-state index in [4.69, 9.17) is 0 Å². The molecule has 7 heteroatoms. The van der Waals surface area contributed by atoms with Gasteiger partial charge in [0.05, 0.1) is 12.5 Å². The third-order valence-corrected chi connectivity index (χ3v) is 3.62. The maximum atomic E-state index is 12.0. The van der Waals surface area contributed by atoms with Gasteiger partial charge in [0.25, 0.3) is 0 Å². The van der Waals surface area contributed by atoms with Crippen LogP contribution in [0.1, 0.15) is 24.3 Å². The van der Waals surface area contributed by atoms with Crippen molar-refractivity contribution in [1.82, 2.24) is 15.1 Å². The Morgan fingerprint density at radius 1 is 1.45 bits per heavy atom. The number of rotatable bonds is 5. The summed E-state index contributed by atoms with van der Waals surface area (Å²) in [6.07, 6.45) is 1.93. The van der Waals surface area contributed by atoms with Crippen molar-refractivity contribution in [2.24, 2.45) is 7.05 Å². The number of nitrogens with zero attached hydrogens (tertiary/aromatic N) is 2. The van der Waals surface area contributed by atoms with Crippen LogP contribution >= 0.6 is 11.3 Å². The molecule has 0 saturated carbocycles. The van der Waals surface area contributed by atoms with Crippen LogP contribution in [-0.2, 0) is 16.6 Å². The van der Waals surface area contributed by atoms with Gasteiger partial charge in [0, 0.05) is 31.1 Å². The van der Waals surface area contributed by atoms with Gasteiger partial charge in [-0.3, -0.25) is 14.3 Å². The Balaban J connectivity index is 2.00. The number of aryl methyl sites for hydroxylation is 1. The normalized spacial score (nSPS) is 11.9. The van der Waals surface area contributed by atoms with Crippen LogP contribution in [0.25, 0.3) is 0 Å². The minimum Gasteiger partial charge on any atom is -0.348 e. The lowest BCUT2D eigenvalue weighted by molar-refractivity contribution is -0.120. The maximum absolute atomic E-state index is 12.0. The first-order valence-electron chi connectivity index (χ1n) is 6.14. The molecule has 0 aliphatic rings. The Morgan fingerprint density at radius 2 is 2.25 bits per heavy atom. The second-order valence-electron chi connectivity index (χ2n) is 4.40. The summed E-state index contributed by atoms with van der Waals surface area (Å²) in [6.45, 7) is 1.44. The topological polar surface area (TPSA) is 76.0 Å². The second-order valence-corrected chi connectivity index (χ2v) is 5.37. The number of hydrogen-bond acceptors (Lipinski definition) is 4. The van der Waals surface area contributed by atoms with Crippen molar-refractivity contribution in [3.63, 3.8) is 0 Å². The number of nitrogens with one attached hydrogen (secondary N) is 2. The summed E-state index contributed by atoms with van der Waals surface area (Å²) in [5, 5.41) is 11.5. The Bertz CT molecular complexity index is 591. The minimum absolute atomic E-state index is 0.158. The minimum atomic E-state index is -0.309. The smallest absolute Gasteiger partial charge is 0.228 e. The number of aromatic nitrogens is 2. The van der Waals surface area contributed by atoms with Gasteiger partial charge in [-0.15, -0.1) is 11.3 Å². The molecule has 20 heavy (non-hydrogen) atoms. The number of hydrogen-bond donors (Lipinski definition) is 2. The highest BCUT2D eigenvalue weighted by Gasteiger charge is 2.18. The highest BCUT2D eigenvalue weighted by atomic mass is 32.1. The molecule has 6 nitrogen and oxygen atoms in total. The largest absolute Gasteiger partial charge is 0.348 e. The highest BCUT2D eigenvalue weighted by Crippen LogP contribution is 2.22. The van der Waals surface area contributed by atoms with Crippen LogP contribution in [0.3, 0.4) is 0 Å². The van der Waals surface area contributed by atoms with Crippen LogP contribution in [0.15, 0.2) is 29.8 Å². The van der Waals surface area contributed by atoms with Gasteiger partial charge in [-0.25, -0.2) is 0 Å². The summed E-state index contributed by atoms with van der Waals surface area (Å²) in [5.74, 6) is 0.162. The van der Waals surface area contributed by atoms with Crippen LogP contribution in [0.5, 0.6) is 0 Å². The molecule has 0 radical (unpaired) electrons. The monoisotopic (exact) mass is 292 g/mol. The molecule has 2 N–H and O–H groups in total. The molecule has 0 fully saturated rings.